The summed E-state index contributed by atoms with van der Waals surface area (Å²) in [6.07, 6.45) is 5.90. The minimum Gasteiger partial charge on any atom is -0.494 e. The van der Waals surface area contributed by atoms with Crippen LogP contribution in [0.4, 0.5) is 0 Å². The lowest BCUT2D eigenvalue weighted by atomic mass is 10.2. The van der Waals surface area contributed by atoms with E-state index in [1.165, 1.54) is 0 Å². The molecule has 0 unspecified atom stereocenters. The van der Waals surface area contributed by atoms with Gasteiger partial charge < -0.3 is 14.8 Å². The van der Waals surface area contributed by atoms with Crippen molar-refractivity contribution in [2.75, 3.05) is 19.8 Å². The fourth-order valence-corrected chi connectivity index (χ4v) is 1.32. The summed E-state index contributed by atoms with van der Waals surface area (Å²) in [5.74, 6) is 1.95. The van der Waals surface area contributed by atoms with Crippen molar-refractivity contribution < 1.29 is 19.1 Å². The zero-order valence-electron chi connectivity index (χ0n) is 11.3. The lowest BCUT2D eigenvalue weighted by Crippen LogP contribution is -2.28. The summed E-state index contributed by atoms with van der Waals surface area (Å²) < 4.78 is 10.2. The van der Waals surface area contributed by atoms with Gasteiger partial charge in [0.25, 0.3) is 5.91 Å². The largest absolute Gasteiger partial charge is 0.494 e. The third-order valence-corrected chi connectivity index (χ3v) is 2.28. The summed E-state index contributed by atoms with van der Waals surface area (Å²) in [5, 5.41) is 2.40. The molecule has 0 aliphatic heterocycles. The summed E-state index contributed by atoms with van der Waals surface area (Å²) in [7, 11) is 0. The maximum absolute atomic E-state index is 11.7. The molecule has 0 aliphatic rings. The van der Waals surface area contributed by atoms with Gasteiger partial charge in [-0.3, -0.25) is 4.79 Å². The molecule has 5 nitrogen and oxygen atoms in total. The fourth-order valence-electron chi connectivity index (χ4n) is 1.32. The Balaban J connectivity index is 2.43. The van der Waals surface area contributed by atoms with E-state index in [0.717, 1.165) is 6.42 Å². The molecule has 0 spiro atoms. The average Bonchev–Trinajstić information content (AvgIpc) is 2.49. The Morgan fingerprint density at radius 3 is 2.60 bits per heavy atom. The number of benzene rings is 1. The molecule has 1 aromatic carbocycles. The Morgan fingerprint density at radius 2 is 2.00 bits per heavy atom. The predicted molar refractivity (Wildman–Crippen MR) is 74.4 cm³/mol. The minimum absolute atomic E-state index is 0.111. The first-order valence-corrected chi connectivity index (χ1v) is 6.27. The van der Waals surface area contributed by atoms with E-state index in [-0.39, 0.29) is 13.2 Å². The summed E-state index contributed by atoms with van der Waals surface area (Å²) in [6.45, 7) is 2.39. The third kappa shape index (κ3) is 5.44. The van der Waals surface area contributed by atoms with Gasteiger partial charge in [0.15, 0.2) is 6.61 Å². The molecular formula is C15H17NO4. The normalized spacial score (nSPS) is 9.40. The number of ether oxygens (including phenoxy) is 2. The minimum atomic E-state index is -0.567. The second-order valence-electron chi connectivity index (χ2n) is 3.93. The second kappa shape index (κ2) is 8.59. The molecule has 5 heteroatoms. The highest BCUT2D eigenvalue weighted by Crippen LogP contribution is 2.13. The van der Waals surface area contributed by atoms with E-state index in [1.807, 2.05) is 6.92 Å². The zero-order chi connectivity index (χ0) is 14.8. The van der Waals surface area contributed by atoms with Crippen LogP contribution in [0, 0.1) is 12.3 Å². The van der Waals surface area contributed by atoms with E-state index in [1.54, 1.807) is 24.3 Å². The van der Waals surface area contributed by atoms with E-state index in [9.17, 15) is 9.59 Å². The van der Waals surface area contributed by atoms with Crippen molar-refractivity contribution in [1.29, 1.82) is 0 Å². The summed E-state index contributed by atoms with van der Waals surface area (Å²) in [4.78, 5) is 22.9. The van der Waals surface area contributed by atoms with Crippen molar-refractivity contribution in [1.82, 2.24) is 5.32 Å². The number of terminal acetylenes is 1. The topological polar surface area (TPSA) is 64.6 Å². The van der Waals surface area contributed by atoms with Gasteiger partial charge in [0.05, 0.1) is 18.7 Å². The summed E-state index contributed by atoms with van der Waals surface area (Å²) in [5.41, 5.74) is 0.360. The molecule has 0 heterocycles. The Kier molecular flexibility index (Phi) is 6.69. The molecular weight excluding hydrogens is 258 g/mol. The molecule has 1 aromatic rings. The van der Waals surface area contributed by atoms with Crippen LogP contribution in [0.15, 0.2) is 24.3 Å². The molecule has 0 bridgehead atoms. The number of nitrogens with one attached hydrogen (secondary N) is 1. The van der Waals surface area contributed by atoms with Gasteiger partial charge in [-0.25, -0.2) is 4.79 Å². The monoisotopic (exact) mass is 275 g/mol. The van der Waals surface area contributed by atoms with Crippen LogP contribution in [0.25, 0.3) is 0 Å². The van der Waals surface area contributed by atoms with E-state index >= 15 is 0 Å². The Bertz CT molecular complexity index is 488. The molecule has 20 heavy (non-hydrogen) atoms. The standard InChI is InChI=1S/C15H17NO4/c1-3-9-16-14(17)11-20-15(18)12-5-7-13(8-6-12)19-10-4-2/h1,5-8H,4,9-11H2,2H3,(H,16,17). The molecule has 0 fully saturated rings. The molecule has 0 radical (unpaired) electrons. The molecule has 0 saturated carbocycles. The van der Waals surface area contributed by atoms with E-state index in [0.29, 0.717) is 17.9 Å². The van der Waals surface area contributed by atoms with Crippen LogP contribution in [0.5, 0.6) is 5.75 Å². The van der Waals surface area contributed by atoms with Crippen molar-refractivity contribution >= 4 is 11.9 Å². The highest BCUT2D eigenvalue weighted by atomic mass is 16.5. The number of amides is 1. The SMILES string of the molecule is C#CCNC(=O)COC(=O)c1ccc(OCCC)cc1. The van der Waals surface area contributed by atoms with Gasteiger partial charge >= 0.3 is 5.97 Å². The molecule has 1 rings (SSSR count). The molecule has 1 N–H and O–H groups in total. The number of rotatable bonds is 7. The first-order valence-electron chi connectivity index (χ1n) is 6.27. The second-order valence-corrected chi connectivity index (χ2v) is 3.93. The van der Waals surface area contributed by atoms with Gasteiger partial charge in [-0.15, -0.1) is 6.42 Å². The average molecular weight is 275 g/mol. The van der Waals surface area contributed by atoms with Crippen LogP contribution in [0.2, 0.25) is 0 Å². The van der Waals surface area contributed by atoms with Crippen LogP contribution in [0.1, 0.15) is 23.7 Å². The smallest absolute Gasteiger partial charge is 0.338 e. The van der Waals surface area contributed by atoms with Gasteiger partial charge in [0, 0.05) is 0 Å². The molecule has 0 saturated heterocycles. The van der Waals surface area contributed by atoms with Crippen LogP contribution in [0.3, 0.4) is 0 Å². The molecule has 0 aromatic heterocycles. The van der Waals surface area contributed by atoms with Gasteiger partial charge in [-0.05, 0) is 30.7 Å². The third-order valence-electron chi connectivity index (χ3n) is 2.28. The highest BCUT2D eigenvalue weighted by molar-refractivity contribution is 5.91. The predicted octanol–water partition coefficient (Wildman–Crippen LogP) is 1.38. The maximum atomic E-state index is 11.7. The first kappa shape index (κ1) is 15.6. The quantitative estimate of drug-likeness (QED) is 0.603. The van der Waals surface area contributed by atoms with Crippen molar-refractivity contribution in [3.05, 3.63) is 29.8 Å². The number of hydrogen-bond acceptors (Lipinski definition) is 4. The van der Waals surface area contributed by atoms with Gasteiger partial charge in [0.2, 0.25) is 0 Å². The van der Waals surface area contributed by atoms with Crippen molar-refractivity contribution in [3.8, 4) is 18.1 Å². The van der Waals surface area contributed by atoms with Crippen LogP contribution in [-0.4, -0.2) is 31.6 Å². The molecule has 106 valence electrons. The van der Waals surface area contributed by atoms with Crippen molar-refractivity contribution in [3.63, 3.8) is 0 Å². The van der Waals surface area contributed by atoms with E-state index < -0.39 is 11.9 Å². The summed E-state index contributed by atoms with van der Waals surface area (Å²) in [6, 6.07) is 6.55. The molecule has 1 amide bonds. The van der Waals surface area contributed by atoms with Crippen LogP contribution in [-0.2, 0) is 9.53 Å². The van der Waals surface area contributed by atoms with Gasteiger partial charge in [-0.1, -0.05) is 12.8 Å². The maximum Gasteiger partial charge on any atom is 0.338 e. The first-order chi connectivity index (χ1) is 9.67. The Morgan fingerprint density at radius 1 is 1.30 bits per heavy atom. The lowest BCUT2D eigenvalue weighted by molar-refractivity contribution is -0.123. The van der Waals surface area contributed by atoms with E-state index in [4.69, 9.17) is 15.9 Å². The zero-order valence-corrected chi connectivity index (χ0v) is 11.3. The van der Waals surface area contributed by atoms with Crippen molar-refractivity contribution in [2.24, 2.45) is 0 Å². The number of hydrogen-bond donors (Lipinski definition) is 1. The number of carbonyl (C=O) groups is 2. The highest BCUT2D eigenvalue weighted by Gasteiger charge is 2.09. The summed E-state index contributed by atoms with van der Waals surface area (Å²) >= 11 is 0. The lowest BCUT2D eigenvalue weighted by Gasteiger charge is -2.06. The van der Waals surface area contributed by atoms with Crippen LogP contribution >= 0.6 is 0 Å². The fraction of sp³-hybridized carbons (Fsp3) is 0.333. The van der Waals surface area contributed by atoms with Gasteiger partial charge in [-0.2, -0.15) is 0 Å². The Hall–Kier alpha value is -2.48. The Labute approximate surface area is 118 Å². The van der Waals surface area contributed by atoms with Gasteiger partial charge in [0.1, 0.15) is 5.75 Å². The number of carbonyl (C=O) groups excluding carboxylic acids is 2. The molecule has 0 atom stereocenters. The molecule has 0 aliphatic carbocycles. The number of esters is 1. The van der Waals surface area contributed by atoms with Crippen molar-refractivity contribution in [2.45, 2.75) is 13.3 Å². The van der Waals surface area contributed by atoms with E-state index in [2.05, 4.69) is 11.2 Å². The van der Waals surface area contributed by atoms with Crippen LogP contribution < -0.4 is 10.1 Å².